The molecule has 0 aliphatic heterocycles. The summed E-state index contributed by atoms with van der Waals surface area (Å²) in [4.78, 5) is 2.20. The highest BCUT2D eigenvalue weighted by Crippen LogP contribution is 2.25. The van der Waals surface area contributed by atoms with E-state index in [9.17, 15) is 0 Å². The van der Waals surface area contributed by atoms with Crippen molar-refractivity contribution in [2.24, 2.45) is 0 Å². The Hall–Kier alpha value is -1.22. The lowest BCUT2D eigenvalue weighted by molar-refractivity contribution is 0.326. The van der Waals surface area contributed by atoms with Crippen molar-refractivity contribution >= 4 is 0 Å². The molecule has 0 amide bonds. The van der Waals surface area contributed by atoms with Gasteiger partial charge in [0.25, 0.3) is 0 Å². The molecule has 0 heterocycles. The number of nitrogens with zero attached hydrogens (tertiary/aromatic N) is 1. The van der Waals surface area contributed by atoms with E-state index in [1.54, 1.807) is 0 Å². The van der Waals surface area contributed by atoms with Crippen LogP contribution in [0.5, 0.6) is 11.5 Å². The van der Waals surface area contributed by atoms with E-state index >= 15 is 0 Å². The van der Waals surface area contributed by atoms with Gasteiger partial charge in [-0.25, -0.2) is 0 Å². The number of hydrogen-bond donors (Lipinski definition) is 0. The summed E-state index contributed by atoms with van der Waals surface area (Å²) in [5.74, 6) is 1.92. The summed E-state index contributed by atoms with van der Waals surface area (Å²) in [6, 6.07) is 6.09. The molecule has 3 heteroatoms. The maximum Gasteiger partial charge on any atom is 0.122 e. The lowest BCUT2D eigenvalue weighted by Crippen LogP contribution is -2.13. The van der Waals surface area contributed by atoms with Crippen molar-refractivity contribution in [2.75, 3.05) is 33.9 Å². The highest BCUT2D eigenvalue weighted by Gasteiger charge is 2.06. The molecule has 0 unspecified atom stereocenters. The molecule has 0 bridgehead atoms. The van der Waals surface area contributed by atoms with Crippen LogP contribution in [0.2, 0.25) is 0 Å². The van der Waals surface area contributed by atoms with Crippen LogP contribution in [0.15, 0.2) is 18.2 Å². The Labute approximate surface area is 111 Å². The predicted octanol–water partition coefficient (Wildman–Crippen LogP) is 2.98. The fraction of sp³-hybridized carbons (Fsp3) is 0.600. The van der Waals surface area contributed by atoms with Crippen LogP contribution < -0.4 is 9.47 Å². The van der Waals surface area contributed by atoms with Crippen LogP contribution in [0, 0.1) is 0 Å². The third-order valence-electron chi connectivity index (χ3n) is 2.69. The highest BCUT2D eigenvalue weighted by atomic mass is 16.5. The van der Waals surface area contributed by atoms with Gasteiger partial charge in [0.1, 0.15) is 11.5 Å². The fourth-order valence-corrected chi connectivity index (χ4v) is 1.89. The molecule has 0 aliphatic rings. The normalized spacial score (nSPS) is 10.7. The smallest absolute Gasteiger partial charge is 0.122 e. The van der Waals surface area contributed by atoms with Gasteiger partial charge in [0, 0.05) is 0 Å². The van der Waals surface area contributed by atoms with E-state index in [0.717, 1.165) is 30.9 Å². The first-order valence-electron chi connectivity index (χ1n) is 6.70. The summed E-state index contributed by atoms with van der Waals surface area (Å²) in [6.45, 7) is 6.51. The topological polar surface area (TPSA) is 21.7 Å². The van der Waals surface area contributed by atoms with Gasteiger partial charge in [-0.15, -0.1) is 0 Å². The standard InChI is InChI=1S/C15H25NO2/c1-5-17-14-9-10-15(18-6-2)13(12-14)8-7-11-16(3)4/h9-10,12H,5-8,11H2,1-4H3. The molecule has 0 N–H and O–H groups in total. The van der Waals surface area contributed by atoms with Crippen molar-refractivity contribution in [1.82, 2.24) is 4.90 Å². The number of aryl methyl sites for hydroxylation is 1. The molecule has 18 heavy (non-hydrogen) atoms. The minimum absolute atomic E-state index is 0.700. The van der Waals surface area contributed by atoms with Gasteiger partial charge in [-0.05, 0) is 71.1 Å². The Morgan fingerprint density at radius 2 is 1.78 bits per heavy atom. The third kappa shape index (κ3) is 4.96. The molecule has 0 radical (unpaired) electrons. The zero-order chi connectivity index (χ0) is 13.4. The monoisotopic (exact) mass is 251 g/mol. The molecule has 1 aromatic carbocycles. The van der Waals surface area contributed by atoms with Gasteiger partial charge in [-0.3, -0.25) is 0 Å². The Balaban J connectivity index is 2.72. The van der Waals surface area contributed by atoms with Gasteiger partial charge >= 0.3 is 0 Å². The van der Waals surface area contributed by atoms with Crippen LogP contribution in [0.25, 0.3) is 0 Å². The summed E-state index contributed by atoms with van der Waals surface area (Å²) in [7, 11) is 4.19. The molecule has 0 aromatic heterocycles. The molecule has 102 valence electrons. The zero-order valence-electron chi connectivity index (χ0n) is 12.0. The van der Waals surface area contributed by atoms with Crippen LogP contribution in [-0.2, 0) is 6.42 Å². The van der Waals surface area contributed by atoms with Gasteiger partial charge in [-0.2, -0.15) is 0 Å². The second-order valence-electron chi connectivity index (χ2n) is 4.54. The van der Waals surface area contributed by atoms with Gasteiger partial charge in [0.05, 0.1) is 13.2 Å². The third-order valence-corrected chi connectivity index (χ3v) is 2.69. The fourth-order valence-electron chi connectivity index (χ4n) is 1.89. The van der Waals surface area contributed by atoms with Crippen LogP contribution in [0.1, 0.15) is 25.8 Å². The molecule has 0 atom stereocenters. The van der Waals surface area contributed by atoms with Crippen molar-refractivity contribution < 1.29 is 9.47 Å². The SMILES string of the molecule is CCOc1ccc(OCC)c(CCCN(C)C)c1. The van der Waals surface area contributed by atoms with E-state index in [1.807, 2.05) is 26.0 Å². The van der Waals surface area contributed by atoms with Crippen LogP contribution in [0.4, 0.5) is 0 Å². The van der Waals surface area contributed by atoms with Crippen LogP contribution >= 0.6 is 0 Å². The molecular formula is C15H25NO2. The largest absolute Gasteiger partial charge is 0.494 e. The van der Waals surface area contributed by atoms with Crippen molar-refractivity contribution in [3.05, 3.63) is 23.8 Å². The Morgan fingerprint density at radius 1 is 1.06 bits per heavy atom. The molecular weight excluding hydrogens is 226 g/mol. The Kier molecular flexibility index (Phi) is 6.58. The van der Waals surface area contributed by atoms with Crippen molar-refractivity contribution in [1.29, 1.82) is 0 Å². The molecule has 1 aromatic rings. The van der Waals surface area contributed by atoms with Crippen LogP contribution in [0.3, 0.4) is 0 Å². The first-order chi connectivity index (χ1) is 8.67. The summed E-state index contributed by atoms with van der Waals surface area (Å²) in [5, 5.41) is 0. The molecule has 0 spiro atoms. The van der Waals surface area contributed by atoms with E-state index in [4.69, 9.17) is 9.47 Å². The van der Waals surface area contributed by atoms with Crippen molar-refractivity contribution in [2.45, 2.75) is 26.7 Å². The van der Waals surface area contributed by atoms with E-state index in [0.29, 0.717) is 13.2 Å². The second-order valence-corrected chi connectivity index (χ2v) is 4.54. The van der Waals surface area contributed by atoms with Gasteiger partial charge in [0.2, 0.25) is 0 Å². The van der Waals surface area contributed by atoms with Crippen molar-refractivity contribution in [3.8, 4) is 11.5 Å². The molecule has 3 nitrogen and oxygen atoms in total. The van der Waals surface area contributed by atoms with E-state index in [1.165, 1.54) is 5.56 Å². The molecule has 0 saturated heterocycles. The highest BCUT2D eigenvalue weighted by molar-refractivity contribution is 5.40. The minimum atomic E-state index is 0.700. The Morgan fingerprint density at radius 3 is 2.39 bits per heavy atom. The summed E-state index contributed by atoms with van der Waals surface area (Å²) in [5.41, 5.74) is 1.24. The number of benzene rings is 1. The second kappa shape index (κ2) is 7.98. The van der Waals surface area contributed by atoms with Gasteiger partial charge in [-0.1, -0.05) is 0 Å². The van der Waals surface area contributed by atoms with Crippen LogP contribution in [-0.4, -0.2) is 38.8 Å². The zero-order valence-corrected chi connectivity index (χ0v) is 12.0. The van der Waals surface area contributed by atoms with Crippen molar-refractivity contribution in [3.63, 3.8) is 0 Å². The summed E-state index contributed by atoms with van der Waals surface area (Å²) < 4.78 is 11.2. The summed E-state index contributed by atoms with van der Waals surface area (Å²) >= 11 is 0. The maximum atomic E-state index is 5.66. The lowest BCUT2D eigenvalue weighted by atomic mass is 10.1. The maximum absolute atomic E-state index is 5.66. The van der Waals surface area contributed by atoms with E-state index in [2.05, 4.69) is 25.1 Å². The first-order valence-corrected chi connectivity index (χ1v) is 6.70. The van der Waals surface area contributed by atoms with E-state index < -0.39 is 0 Å². The quantitative estimate of drug-likeness (QED) is 0.709. The average Bonchev–Trinajstić information content (AvgIpc) is 2.32. The molecule has 0 saturated carbocycles. The Bertz CT molecular complexity index is 350. The van der Waals surface area contributed by atoms with Gasteiger partial charge < -0.3 is 14.4 Å². The minimum Gasteiger partial charge on any atom is -0.494 e. The summed E-state index contributed by atoms with van der Waals surface area (Å²) in [6.07, 6.45) is 2.15. The lowest BCUT2D eigenvalue weighted by Gasteiger charge is -2.14. The average molecular weight is 251 g/mol. The molecule has 0 aliphatic carbocycles. The number of ether oxygens (including phenoxy) is 2. The number of hydrogen-bond acceptors (Lipinski definition) is 3. The molecule has 0 fully saturated rings. The number of rotatable bonds is 8. The van der Waals surface area contributed by atoms with E-state index in [-0.39, 0.29) is 0 Å². The molecule has 1 rings (SSSR count). The predicted molar refractivity (Wildman–Crippen MR) is 75.7 cm³/mol. The first kappa shape index (κ1) is 14.8. The van der Waals surface area contributed by atoms with Gasteiger partial charge in [0.15, 0.2) is 0 Å².